The summed E-state index contributed by atoms with van der Waals surface area (Å²) in [4.78, 5) is 8.27. The molecule has 0 saturated carbocycles. The van der Waals surface area contributed by atoms with Crippen LogP contribution in [-0.2, 0) is 25.7 Å². The summed E-state index contributed by atoms with van der Waals surface area (Å²) in [6.45, 7) is 16.9. The predicted molar refractivity (Wildman–Crippen MR) is 164 cm³/mol. The lowest BCUT2D eigenvalue weighted by atomic mass is 10.3. The third-order valence-corrected chi connectivity index (χ3v) is 12.0. The third kappa shape index (κ3) is 6.16. The van der Waals surface area contributed by atoms with E-state index in [1.54, 1.807) is 11.3 Å². The average Bonchev–Trinajstić information content (AvgIpc) is 3.73. The van der Waals surface area contributed by atoms with Crippen molar-refractivity contribution in [1.29, 1.82) is 0 Å². The average molecular weight is 597 g/mol. The molecule has 0 unspecified atom stereocenters. The van der Waals surface area contributed by atoms with Crippen LogP contribution in [0.5, 0.6) is 0 Å². The van der Waals surface area contributed by atoms with Gasteiger partial charge in [-0.05, 0) is 74.1 Å². The first-order chi connectivity index (χ1) is 17.5. The van der Waals surface area contributed by atoms with Gasteiger partial charge in [0.1, 0.15) is 16.6 Å². The molecule has 0 atom stereocenters. The molecule has 6 aromatic heterocycles. The zero-order valence-corrected chi connectivity index (χ0v) is 26.9. The molecule has 0 aliphatic rings. The Morgan fingerprint density at radius 1 is 0.472 bits per heavy atom. The highest BCUT2D eigenvalue weighted by atomic mass is 32.1. The van der Waals surface area contributed by atoms with Crippen molar-refractivity contribution in [2.75, 3.05) is 0 Å². The fraction of sp³-hybridized carbons (Fsp3) is 0.500. The van der Waals surface area contributed by atoms with E-state index in [9.17, 15) is 0 Å². The largest absolute Gasteiger partial charge is 0.142 e. The van der Waals surface area contributed by atoms with Crippen LogP contribution in [0.4, 0.5) is 0 Å². The molecule has 0 spiro atoms. The monoisotopic (exact) mass is 596 g/mol. The van der Waals surface area contributed by atoms with E-state index in [1.807, 2.05) is 36.5 Å². The number of hydrogen-bond acceptors (Lipinski definition) is 12. The van der Waals surface area contributed by atoms with Crippen molar-refractivity contribution in [2.24, 2.45) is 0 Å². The third-order valence-electron chi connectivity index (χ3n) is 5.24. The Morgan fingerprint density at radius 3 is 1.25 bits per heavy atom. The number of aromatic nitrogens is 6. The summed E-state index contributed by atoms with van der Waals surface area (Å²) in [6.07, 6.45) is 4.36. The molecule has 6 nitrogen and oxygen atoms in total. The van der Waals surface area contributed by atoms with Crippen LogP contribution >= 0.6 is 68.6 Å². The second-order valence-electron chi connectivity index (χ2n) is 7.38. The number of fused-ring (bicyclic) bond motifs is 3. The summed E-state index contributed by atoms with van der Waals surface area (Å²) in [6, 6.07) is 0. The zero-order chi connectivity index (χ0) is 26.2. The van der Waals surface area contributed by atoms with Gasteiger partial charge in [0.2, 0.25) is 0 Å². The minimum atomic E-state index is 1.08. The van der Waals surface area contributed by atoms with E-state index >= 15 is 0 Å². The molecular weight excluding hydrogens is 565 g/mol. The molecule has 0 aliphatic heterocycles. The SMILES string of the molecule is CC.CCc1sc(CC)c2snnc12.CCc1sc(CC)c2snnc12.Cc1sc(C)c2snnc12. The first-order valence-electron chi connectivity index (χ1n) is 12.1. The van der Waals surface area contributed by atoms with Crippen LogP contribution in [0.3, 0.4) is 0 Å². The molecule has 6 rings (SSSR count). The highest BCUT2D eigenvalue weighted by Crippen LogP contribution is 2.34. The Morgan fingerprint density at radius 2 is 0.861 bits per heavy atom. The van der Waals surface area contributed by atoms with Gasteiger partial charge in [-0.3, -0.25) is 0 Å². The van der Waals surface area contributed by atoms with Crippen molar-refractivity contribution in [3.63, 3.8) is 0 Å². The molecule has 194 valence electrons. The second kappa shape index (κ2) is 13.9. The minimum absolute atomic E-state index is 1.08. The number of thiophene rings is 3. The molecule has 0 radical (unpaired) electrons. The minimum Gasteiger partial charge on any atom is -0.142 e. The first kappa shape index (κ1) is 29.1. The van der Waals surface area contributed by atoms with Gasteiger partial charge in [0.05, 0.1) is 14.1 Å². The summed E-state index contributed by atoms with van der Waals surface area (Å²) in [5, 5.41) is 12.3. The number of hydrogen-bond donors (Lipinski definition) is 0. The summed E-state index contributed by atoms with van der Waals surface area (Å²) in [5.41, 5.74) is 3.38. The van der Waals surface area contributed by atoms with Gasteiger partial charge in [0, 0.05) is 29.3 Å². The summed E-state index contributed by atoms with van der Waals surface area (Å²) >= 11 is 10.1. The maximum atomic E-state index is 4.14. The van der Waals surface area contributed by atoms with Crippen molar-refractivity contribution >= 4 is 99.3 Å². The normalized spacial score (nSPS) is 10.7. The van der Waals surface area contributed by atoms with Gasteiger partial charge in [-0.1, -0.05) is 55.0 Å². The van der Waals surface area contributed by atoms with E-state index in [0.717, 1.165) is 42.2 Å². The van der Waals surface area contributed by atoms with Gasteiger partial charge in [-0.2, -0.15) is 0 Å². The number of aryl methyl sites for hydroxylation is 6. The lowest BCUT2D eigenvalue weighted by molar-refractivity contribution is 1.15. The van der Waals surface area contributed by atoms with Crippen molar-refractivity contribution in [1.82, 2.24) is 28.8 Å². The van der Waals surface area contributed by atoms with Gasteiger partial charge in [0.15, 0.2) is 0 Å². The number of nitrogens with zero attached hydrogens (tertiary/aromatic N) is 6. The standard InChI is InChI=1S/2C8H10N2S2.C6H6N2S2.C2H6/c2*1-3-5-7-8(12-10-9-7)6(4-2)11-5;1-3-5-6(4(2)9-3)10-8-7-5;1-2/h2*3-4H2,1-2H3;1-2H3;1-2H3. The summed E-state index contributed by atoms with van der Waals surface area (Å²) < 4.78 is 15.7. The van der Waals surface area contributed by atoms with E-state index in [4.69, 9.17) is 0 Å². The number of rotatable bonds is 4. The van der Waals surface area contributed by atoms with Crippen molar-refractivity contribution in [2.45, 2.75) is 81.1 Å². The van der Waals surface area contributed by atoms with Gasteiger partial charge >= 0.3 is 0 Å². The molecule has 0 aromatic carbocycles. The lowest BCUT2D eigenvalue weighted by Crippen LogP contribution is -1.72. The molecule has 0 amide bonds. The van der Waals surface area contributed by atoms with Gasteiger partial charge < -0.3 is 0 Å². The van der Waals surface area contributed by atoms with E-state index in [0.29, 0.717) is 0 Å². The lowest BCUT2D eigenvalue weighted by Gasteiger charge is -1.85. The molecule has 36 heavy (non-hydrogen) atoms. The zero-order valence-electron chi connectivity index (χ0n) is 22.0. The molecule has 0 saturated heterocycles. The van der Waals surface area contributed by atoms with Gasteiger partial charge in [0.25, 0.3) is 0 Å². The maximum absolute atomic E-state index is 4.14. The molecule has 0 N–H and O–H groups in total. The van der Waals surface area contributed by atoms with E-state index in [1.165, 1.54) is 78.0 Å². The molecular formula is C24H32N6S6. The van der Waals surface area contributed by atoms with Gasteiger partial charge in [-0.15, -0.1) is 49.3 Å². The van der Waals surface area contributed by atoms with Crippen LogP contribution in [0.15, 0.2) is 0 Å². The Bertz CT molecular complexity index is 1320. The van der Waals surface area contributed by atoms with Crippen LogP contribution in [0, 0.1) is 13.8 Å². The van der Waals surface area contributed by atoms with Gasteiger partial charge in [-0.25, -0.2) is 0 Å². The first-order valence-corrected chi connectivity index (χ1v) is 16.9. The molecule has 6 heterocycles. The summed E-state index contributed by atoms with van der Waals surface area (Å²) in [7, 11) is 0. The van der Waals surface area contributed by atoms with Crippen molar-refractivity contribution < 1.29 is 0 Å². The molecule has 12 heteroatoms. The predicted octanol–water partition coefficient (Wildman–Crippen LogP) is 9.15. The fourth-order valence-corrected chi connectivity index (χ4v) is 9.36. The second-order valence-corrected chi connectivity index (χ2v) is 13.4. The highest BCUT2D eigenvalue weighted by molar-refractivity contribution is 7.22. The van der Waals surface area contributed by atoms with Crippen LogP contribution in [0.1, 0.15) is 70.8 Å². The molecule has 0 aliphatic carbocycles. The van der Waals surface area contributed by atoms with E-state index in [-0.39, 0.29) is 0 Å². The van der Waals surface area contributed by atoms with Crippen molar-refractivity contribution in [3.05, 3.63) is 29.3 Å². The summed E-state index contributed by atoms with van der Waals surface area (Å²) in [5.74, 6) is 0. The highest BCUT2D eigenvalue weighted by Gasteiger charge is 2.12. The molecule has 0 bridgehead atoms. The van der Waals surface area contributed by atoms with Crippen molar-refractivity contribution in [3.8, 4) is 0 Å². The quantitative estimate of drug-likeness (QED) is 0.202. The smallest absolute Gasteiger partial charge is 0.120 e. The van der Waals surface area contributed by atoms with Crippen LogP contribution in [0.25, 0.3) is 30.6 Å². The van der Waals surface area contributed by atoms with Crippen LogP contribution in [-0.4, -0.2) is 28.8 Å². The van der Waals surface area contributed by atoms with Crippen LogP contribution < -0.4 is 0 Å². The molecule has 0 fully saturated rings. The fourth-order valence-electron chi connectivity index (χ4n) is 3.52. The van der Waals surface area contributed by atoms with E-state index < -0.39 is 0 Å². The maximum Gasteiger partial charge on any atom is 0.120 e. The topological polar surface area (TPSA) is 77.3 Å². The Labute approximate surface area is 236 Å². The van der Waals surface area contributed by atoms with Crippen LogP contribution in [0.2, 0.25) is 0 Å². The van der Waals surface area contributed by atoms with E-state index in [2.05, 4.69) is 70.3 Å². The Kier molecular flexibility index (Phi) is 11.3. The Hall–Kier alpha value is -1.44. The Balaban J connectivity index is 0.000000146. The molecule has 6 aromatic rings.